The summed E-state index contributed by atoms with van der Waals surface area (Å²) in [5, 5.41) is 14.7. The van der Waals surface area contributed by atoms with Crippen molar-refractivity contribution in [3.63, 3.8) is 0 Å². The number of rotatable bonds is 6. The number of nitrogens with one attached hydrogen (secondary N) is 1. The van der Waals surface area contributed by atoms with Gasteiger partial charge < -0.3 is 10.1 Å². The molecular formula is C20H20N4O3. The molecule has 0 radical (unpaired) electrons. The van der Waals surface area contributed by atoms with E-state index in [1.807, 2.05) is 44.2 Å². The first-order chi connectivity index (χ1) is 13.0. The van der Waals surface area contributed by atoms with Gasteiger partial charge in [-0.25, -0.2) is 4.98 Å². The Labute approximate surface area is 157 Å². The summed E-state index contributed by atoms with van der Waals surface area (Å²) in [6.45, 7) is 5.96. The van der Waals surface area contributed by atoms with E-state index >= 15 is 0 Å². The molecule has 1 heterocycles. The zero-order chi connectivity index (χ0) is 19.4. The van der Waals surface area contributed by atoms with Gasteiger partial charge in [0.1, 0.15) is 12.1 Å². The minimum Gasteiger partial charge on any atom is -0.434 e. The van der Waals surface area contributed by atoms with Gasteiger partial charge in [0.15, 0.2) is 0 Å². The molecule has 0 aliphatic heterocycles. The van der Waals surface area contributed by atoms with Gasteiger partial charge in [0, 0.05) is 5.69 Å². The van der Waals surface area contributed by atoms with Crippen molar-refractivity contribution < 1.29 is 9.66 Å². The summed E-state index contributed by atoms with van der Waals surface area (Å²) in [5.74, 6) is 0.458. The average molecular weight is 364 g/mol. The minimum atomic E-state index is -0.540. The Balaban J connectivity index is 1.95. The molecule has 3 rings (SSSR count). The van der Waals surface area contributed by atoms with E-state index in [0.29, 0.717) is 5.75 Å². The summed E-state index contributed by atoms with van der Waals surface area (Å²) < 4.78 is 5.67. The van der Waals surface area contributed by atoms with Crippen LogP contribution in [0.4, 0.5) is 17.2 Å². The monoisotopic (exact) mass is 364 g/mol. The van der Waals surface area contributed by atoms with Crippen LogP contribution in [-0.2, 0) is 6.42 Å². The first kappa shape index (κ1) is 18.3. The number of anilines is 2. The van der Waals surface area contributed by atoms with E-state index in [2.05, 4.69) is 22.2 Å². The third kappa shape index (κ3) is 4.20. The molecule has 0 atom stereocenters. The van der Waals surface area contributed by atoms with Gasteiger partial charge in [-0.15, -0.1) is 0 Å². The molecule has 2 aromatic carbocycles. The number of nitro groups is 1. The van der Waals surface area contributed by atoms with Crippen molar-refractivity contribution in [2.75, 3.05) is 5.32 Å². The second-order valence-electron chi connectivity index (χ2n) is 6.18. The Bertz CT molecular complexity index is 971. The molecule has 3 aromatic rings. The molecular weight excluding hydrogens is 344 g/mol. The average Bonchev–Trinajstić information content (AvgIpc) is 2.64. The van der Waals surface area contributed by atoms with Gasteiger partial charge in [-0.3, -0.25) is 10.1 Å². The summed E-state index contributed by atoms with van der Waals surface area (Å²) in [6.07, 6.45) is 2.15. The number of nitrogens with zero attached hydrogens (tertiary/aromatic N) is 3. The van der Waals surface area contributed by atoms with Crippen molar-refractivity contribution >= 4 is 17.2 Å². The van der Waals surface area contributed by atoms with Crippen LogP contribution >= 0.6 is 0 Å². The normalized spacial score (nSPS) is 10.5. The van der Waals surface area contributed by atoms with E-state index in [-0.39, 0.29) is 17.4 Å². The van der Waals surface area contributed by atoms with E-state index in [1.165, 1.54) is 6.33 Å². The van der Waals surface area contributed by atoms with Crippen LogP contribution in [0.3, 0.4) is 0 Å². The fraction of sp³-hybridized carbons (Fsp3) is 0.200. The van der Waals surface area contributed by atoms with Gasteiger partial charge in [0.25, 0.3) is 0 Å². The predicted octanol–water partition coefficient (Wildman–Crippen LogP) is 5.10. The van der Waals surface area contributed by atoms with Crippen molar-refractivity contribution in [3.8, 4) is 11.6 Å². The summed E-state index contributed by atoms with van der Waals surface area (Å²) in [7, 11) is 0. The highest BCUT2D eigenvalue weighted by Gasteiger charge is 2.25. The van der Waals surface area contributed by atoms with E-state index in [1.54, 1.807) is 12.1 Å². The Morgan fingerprint density at radius 2 is 1.85 bits per heavy atom. The molecule has 27 heavy (non-hydrogen) atoms. The largest absolute Gasteiger partial charge is 0.434 e. The van der Waals surface area contributed by atoms with Gasteiger partial charge >= 0.3 is 11.6 Å². The second kappa shape index (κ2) is 7.82. The summed E-state index contributed by atoms with van der Waals surface area (Å²) in [4.78, 5) is 19.1. The van der Waals surface area contributed by atoms with Crippen molar-refractivity contribution in [1.29, 1.82) is 0 Å². The van der Waals surface area contributed by atoms with Gasteiger partial charge in [0.05, 0.1) is 4.92 Å². The number of benzene rings is 2. The van der Waals surface area contributed by atoms with E-state index in [9.17, 15) is 10.1 Å². The Kier molecular flexibility index (Phi) is 5.30. The number of hydrogen-bond donors (Lipinski definition) is 1. The third-order valence-corrected chi connectivity index (χ3v) is 4.15. The summed E-state index contributed by atoms with van der Waals surface area (Å²) >= 11 is 0. The highest BCUT2D eigenvalue weighted by molar-refractivity contribution is 5.70. The lowest BCUT2D eigenvalue weighted by atomic mass is 10.1. The number of hydrogen-bond acceptors (Lipinski definition) is 6. The van der Waals surface area contributed by atoms with Crippen LogP contribution in [0, 0.1) is 24.0 Å². The maximum absolute atomic E-state index is 11.7. The number of ether oxygens (including phenoxy) is 1. The Morgan fingerprint density at radius 3 is 2.48 bits per heavy atom. The quantitative estimate of drug-likeness (QED) is 0.483. The predicted molar refractivity (Wildman–Crippen MR) is 104 cm³/mol. The highest BCUT2D eigenvalue weighted by atomic mass is 16.6. The Hall–Kier alpha value is -3.48. The molecule has 7 heteroatoms. The van der Waals surface area contributed by atoms with Gasteiger partial charge in [-0.2, -0.15) is 4.98 Å². The first-order valence-electron chi connectivity index (χ1n) is 8.58. The van der Waals surface area contributed by atoms with Crippen LogP contribution in [0.25, 0.3) is 0 Å². The molecule has 0 bridgehead atoms. The molecule has 7 nitrogen and oxygen atoms in total. The molecule has 0 unspecified atom stereocenters. The lowest BCUT2D eigenvalue weighted by molar-refractivity contribution is -0.385. The van der Waals surface area contributed by atoms with E-state index in [4.69, 9.17) is 4.74 Å². The van der Waals surface area contributed by atoms with Crippen LogP contribution in [0.2, 0.25) is 0 Å². The highest BCUT2D eigenvalue weighted by Crippen LogP contribution is 2.36. The zero-order valence-electron chi connectivity index (χ0n) is 15.4. The Morgan fingerprint density at radius 1 is 1.11 bits per heavy atom. The maximum atomic E-state index is 11.7. The van der Waals surface area contributed by atoms with Crippen LogP contribution in [-0.4, -0.2) is 14.9 Å². The molecule has 0 saturated heterocycles. The molecule has 1 N–H and O–H groups in total. The molecule has 138 valence electrons. The molecule has 0 saturated carbocycles. The van der Waals surface area contributed by atoms with E-state index < -0.39 is 4.92 Å². The van der Waals surface area contributed by atoms with Crippen molar-refractivity contribution in [3.05, 3.63) is 75.6 Å². The van der Waals surface area contributed by atoms with Gasteiger partial charge in [-0.05, 0) is 49.6 Å². The smallest absolute Gasteiger partial charge is 0.373 e. The second-order valence-corrected chi connectivity index (χ2v) is 6.18. The van der Waals surface area contributed by atoms with Crippen molar-refractivity contribution in [2.24, 2.45) is 0 Å². The van der Waals surface area contributed by atoms with Crippen molar-refractivity contribution in [1.82, 2.24) is 9.97 Å². The summed E-state index contributed by atoms with van der Waals surface area (Å²) in [6, 6.07) is 13.1. The SMILES string of the molecule is CCc1ccc(Oc2ncnc(Nc3ccc(C)cc3C)c2[N+](=O)[O-])cc1. The standard InChI is InChI=1S/C20H20N4O3/c1-4-15-6-8-16(9-7-15)27-20-18(24(25)26)19(21-12-22-20)23-17-10-5-13(2)11-14(17)3/h5-12H,4H2,1-3H3,(H,21,22,23). The van der Waals surface area contributed by atoms with Crippen LogP contribution < -0.4 is 10.1 Å². The van der Waals surface area contributed by atoms with Gasteiger partial charge in [0.2, 0.25) is 5.82 Å². The summed E-state index contributed by atoms with van der Waals surface area (Å²) in [5.41, 5.74) is 3.64. The van der Waals surface area contributed by atoms with Crippen LogP contribution in [0.5, 0.6) is 11.6 Å². The lowest BCUT2D eigenvalue weighted by Crippen LogP contribution is -2.04. The molecule has 0 spiro atoms. The number of aromatic nitrogens is 2. The fourth-order valence-electron chi connectivity index (χ4n) is 2.68. The third-order valence-electron chi connectivity index (χ3n) is 4.15. The van der Waals surface area contributed by atoms with Crippen LogP contribution in [0.15, 0.2) is 48.8 Å². The fourth-order valence-corrected chi connectivity index (χ4v) is 2.68. The zero-order valence-corrected chi connectivity index (χ0v) is 15.4. The molecule has 0 aliphatic rings. The topological polar surface area (TPSA) is 90.2 Å². The molecule has 1 aromatic heterocycles. The maximum Gasteiger partial charge on any atom is 0.373 e. The first-order valence-corrected chi connectivity index (χ1v) is 8.58. The molecule has 0 fully saturated rings. The van der Waals surface area contributed by atoms with E-state index in [0.717, 1.165) is 28.8 Å². The number of aryl methyl sites for hydroxylation is 3. The minimum absolute atomic E-state index is 0.0853. The van der Waals surface area contributed by atoms with Crippen LogP contribution in [0.1, 0.15) is 23.6 Å². The van der Waals surface area contributed by atoms with Gasteiger partial charge in [-0.1, -0.05) is 36.8 Å². The van der Waals surface area contributed by atoms with Crippen molar-refractivity contribution in [2.45, 2.75) is 27.2 Å². The molecule has 0 aliphatic carbocycles. The lowest BCUT2D eigenvalue weighted by Gasteiger charge is -2.11. The molecule has 0 amide bonds.